The van der Waals surface area contributed by atoms with E-state index in [1.54, 1.807) is 0 Å². The summed E-state index contributed by atoms with van der Waals surface area (Å²) in [5.74, 6) is 0. The lowest BCUT2D eigenvalue weighted by Crippen LogP contribution is -1.86. The van der Waals surface area contributed by atoms with Gasteiger partial charge in [-0.3, -0.25) is 0 Å². The molecule has 0 bridgehead atoms. The Morgan fingerprint density at radius 3 is 1.69 bits per heavy atom. The number of fused-ring (bicyclic) bond motifs is 5. The van der Waals surface area contributed by atoms with Crippen LogP contribution in [0.1, 0.15) is 0 Å². The smallest absolute Gasteiger partial charge is 0.136 e. The van der Waals surface area contributed by atoms with E-state index in [1.165, 1.54) is 60.3 Å². The van der Waals surface area contributed by atoms with Gasteiger partial charge in [0.2, 0.25) is 0 Å². The van der Waals surface area contributed by atoms with Crippen molar-refractivity contribution < 1.29 is 4.42 Å². The highest BCUT2D eigenvalue weighted by Gasteiger charge is 2.14. The molecule has 0 unspecified atom stereocenters. The van der Waals surface area contributed by atoms with Gasteiger partial charge >= 0.3 is 0 Å². The highest BCUT2D eigenvalue weighted by molar-refractivity contribution is 6.15. The monoisotopic (exact) mass is 496 g/mol. The van der Waals surface area contributed by atoms with Crippen LogP contribution in [-0.4, -0.2) is 0 Å². The average Bonchev–Trinajstić information content (AvgIpc) is 3.39. The summed E-state index contributed by atoms with van der Waals surface area (Å²) in [5, 5.41) is 7.31. The molecule has 0 aliphatic rings. The molecule has 8 rings (SSSR count). The van der Waals surface area contributed by atoms with Crippen molar-refractivity contribution >= 4 is 43.5 Å². The van der Waals surface area contributed by atoms with Gasteiger partial charge in [0.1, 0.15) is 11.2 Å². The Morgan fingerprint density at radius 1 is 0.333 bits per heavy atom. The molecule has 8 aromatic rings. The first kappa shape index (κ1) is 21.9. The Kier molecular flexibility index (Phi) is 4.89. The zero-order chi connectivity index (χ0) is 25.8. The van der Waals surface area contributed by atoms with Gasteiger partial charge in [-0.15, -0.1) is 0 Å². The first-order valence-corrected chi connectivity index (χ1v) is 13.4. The number of para-hydroxylation sites is 1. The maximum atomic E-state index is 6.21. The Bertz CT molecular complexity index is 2170. The van der Waals surface area contributed by atoms with Crippen LogP contribution in [0.25, 0.3) is 76.9 Å². The van der Waals surface area contributed by atoms with E-state index in [-0.39, 0.29) is 0 Å². The molecule has 0 saturated heterocycles. The number of hydrogen-bond acceptors (Lipinski definition) is 1. The van der Waals surface area contributed by atoms with Crippen molar-refractivity contribution in [3.8, 4) is 33.4 Å². The van der Waals surface area contributed by atoms with Gasteiger partial charge in [-0.1, -0.05) is 121 Å². The van der Waals surface area contributed by atoms with Crippen molar-refractivity contribution in [2.45, 2.75) is 0 Å². The SMILES string of the molecule is c1ccc(-c2cccc3ccc(-c4ccc5cccc(-c6cccc7oc8ccccc8c67)c5c4)cc23)cc1. The predicted molar refractivity (Wildman–Crippen MR) is 165 cm³/mol. The third-order valence-electron chi connectivity index (χ3n) is 7.88. The van der Waals surface area contributed by atoms with E-state index < -0.39 is 0 Å². The molecule has 0 fully saturated rings. The van der Waals surface area contributed by atoms with Crippen LogP contribution in [0.2, 0.25) is 0 Å². The van der Waals surface area contributed by atoms with E-state index in [1.807, 2.05) is 12.1 Å². The zero-order valence-electron chi connectivity index (χ0n) is 21.3. The van der Waals surface area contributed by atoms with Gasteiger partial charge in [0, 0.05) is 10.8 Å². The van der Waals surface area contributed by atoms with Gasteiger partial charge < -0.3 is 4.42 Å². The van der Waals surface area contributed by atoms with Crippen LogP contribution in [0.3, 0.4) is 0 Å². The molecular formula is C38H24O. The van der Waals surface area contributed by atoms with Crippen LogP contribution in [0, 0.1) is 0 Å². The van der Waals surface area contributed by atoms with Crippen molar-refractivity contribution in [3.63, 3.8) is 0 Å². The highest BCUT2D eigenvalue weighted by atomic mass is 16.3. The highest BCUT2D eigenvalue weighted by Crippen LogP contribution is 2.40. The normalized spacial score (nSPS) is 11.6. The van der Waals surface area contributed by atoms with Crippen LogP contribution >= 0.6 is 0 Å². The molecule has 0 N–H and O–H groups in total. The molecule has 39 heavy (non-hydrogen) atoms. The van der Waals surface area contributed by atoms with Gasteiger partial charge in [0.05, 0.1) is 0 Å². The Hall–Kier alpha value is -5.14. The summed E-state index contributed by atoms with van der Waals surface area (Å²) in [6, 6.07) is 52.1. The number of hydrogen-bond donors (Lipinski definition) is 0. The van der Waals surface area contributed by atoms with E-state index in [2.05, 4.69) is 133 Å². The Labute approximate surface area is 226 Å². The van der Waals surface area contributed by atoms with Gasteiger partial charge in [-0.05, 0) is 79.2 Å². The minimum atomic E-state index is 0.921. The average molecular weight is 497 g/mol. The van der Waals surface area contributed by atoms with E-state index in [0.29, 0.717) is 0 Å². The molecule has 0 amide bonds. The van der Waals surface area contributed by atoms with Gasteiger partial charge in [-0.25, -0.2) is 0 Å². The maximum absolute atomic E-state index is 6.21. The fourth-order valence-corrected chi connectivity index (χ4v) is 6.01. The predicted octanol–water partition coefficient (Wildman–Crippen LogP) is 10.9. The molecule has 0 spiro atoms. The molecule has 182 valence electrons. The largest absolute Gasteiger partial charge is 0.456 e. The molecule has 1 heterocycles. The van der Waals surface area contributed by atoms with E-state index >= 15 is 0 Å². The van der Waals surface area contributed by atoms with E-state index in [0.717, 1.165) is 16.6 Å². The minimum absolute atomic E-state index is 0.921. The summed E-state index contributed by atoms with van der Waals surface area (Å²) >= 11 is 0. The molecule has 1 nitrogen and oxygen atoms in total. The maximum Gasteiger partial charge on any atom is 0.136 e. The van der Waals surface area contributed by atoms with E-state index in [4.69, 9.17) is 4.42 Å². The molecule has 1 heteroatoms. The quantitative estimate of drug-likeness (QED) is 0.237. The lowest BCUT2D eigenvalue weighted by Gasteiger charge is -2.12. The van der Waals surface area contributed by atoms with Crippen LogP contribution in [0.4, 0.5) is 0 Å². The summed E-state index contributed by atoms with van der Waals surface area (Å²) < 4.78 is 6.21. The summed E-state index contributed by atoms with van der Waals surface area (Å²) in [4.78, 5) is 0. The molecule has 0 atom stereocenters. The van der Waals surface area contributed by atoms with Crippen LogP contribution in [-0.2, 0) is 0 Å². The molecule has 0 saturated carbocycles. The third-order valence-corrected chi connectivity index (χ3v) is 7.88. The van der Waals surface area contributed by atoms with Crippen molar-refractivity contribution in [1.29, 1.82) is 0 Å². The standard InChI is InChI=1S/C38H24O/c1-2-9-25(10-3-1)30-14-6-11-26-19-21-28(23-34(26)30)29-22-20-27-12-7-15-31(35(27)24-29)32-16-8-18-37-38(32)33-13-4-5-17-36(33)39-37/h1-24H. The van der Waals surface area contributed by atoms with Crippen LogP contribution < -0.4 is 0 Å². The second-order valence-electron chi connectivity index (χ2n) is 10.1. The van der Waals surface area contributed by atoms with Crippen molar-refractivity contribution in [2.75, 3.05) is 0 Å². The summed E-state index contributed by atoms with van der Waals surface area (Å²) in [6.45, 7) is 0. The Morgan fingerprint density at radius 2 is 0.923 bits per heavy atom. The molecular weight excluding hydrogens is 472 g/mol. The lowest BCUT2D eigenvalue weighted by atomic mass is 9.91. The zero-order valence-corrected chi connectivity index (χ0v) is 21.3. The van der Waals surface area contributed by atoms with Crippen molar-refractivity contribution in [2.24, 2.45) is 0 Å². The van der Waals surface area contributed by atoms with Crippen molar-refractivity contribution in [3.05, 3.63) is 146 Å². The molecule has 7 aromatic carbocycles. The van der Waals surface area contributed by atoms with Crippen molar-refractivity contribution in [1.82, 2.24) is 0 Å². The summed E-state index contributed by atoms with van der Waals surface area (Å²) in [6.07, 6.45) is 0. The van der Waals surface area contributed by atoms with Crippen LogP contribution in [0.5, 0.6) is 0 Å². The topological polar surface area (TPSA) is 13.1 Å². The third kappa shape index (κ3) is 3.55. The van der Waals surface area contributed by atoms with Crippen LogP contribution in [0.15, 0.2) is 150 Å². The molecule has 0 aliphatic heterocycles. The first-order chi connectivity index (χ1) is 19.3. The fourth-order valence-electron chi connectivity index (χ4n) is 6.01. The molecule has 0 aliphatic carbocycles. The minimum Gasteiger partial charge on any atom is -0.456 e. The fraction of sp³-hybridized carbons (Fsp3) is 0. The Balaban J connectivity index is 1.34. The van der Waals surface area contributed by atoms with Gasteiger partial charge in [0.25, 0.3) is 0 Å². The molecule has 0 radical (unpaired) electrons. The second kappa shape index (κ2) is 8.72. The number of furan rings is 1. The lowest BCUT2D eigenvalue weighted by molar-refractivity contribution is 0.669. The summed E-state index contributed by atoms with van der Waals surface area (Å²) in [5.41, 5.74) is 9.19. The number of rotatable bonds is 3. The second-order valence-corrected chi connectivity index (χ2v) is 10.1. The molecule has 1 aromatic heterocycles. The van der Waals surface area contributed by atoms with E-state index in [9.17, 15) is 0 Å². The van der Waals surface area contributed by atoms with Gasteiger partial charge in [0.15, 0.2) is 0 Å². The van der Waals surface area contributed by atoms with Gasteiger partial charge in [-0.2, -0.15) is 0 Å². The first-order valence-electron chi connectivity index (χ1n) is 13.4. The summed E-state index contributed by atoms with van der Waals surface area (Å²) in [7, 11) is 0. The number of benzene rings is 7.